The van der Waals surface area contributed by atoms with Gasteiger partial charge in [0, 0.05) is 18.4 Å². The smallest absolute Gasteiger partial charge is 0.123 e. The van der Waals surface area contributed by atoms with Crippen LogP contribution in [0.3, 0.4) is 0 Å². The van der Waals surface area contributed by atoms with E-state index in [0.717, 1.165) is 18.9 Å². The molecule has 0 aromatic rings. The fourth-order valence-electron chi connectivity index (χ4n) is 4.45. The molecular formula is C19H36O2. The van der Waals surface area contributed by atoms with Crippen molar-refractivity contribution < 1.29 is 9.53 Å². The molecule has 124 valence electrons. The van der Waals surface area contributed by atoms with Gasteiger partial charge in [-0.3, -0.25) is 0 Å². The molecule has 1 aliphatic rings. The molecule has 3 atom stereocenters. The van der Waals surface area contributed by atoms with Crippen LogP contribution in [0.4, 0.5) is 0 Å². The first-order valence-electron chi connectivity index (χ1n) is 8.93. The average molecular weight is 296 g/mol. The van der Waals surface area contributed by atoms with Crippen LogP contribution in [0.25, 0.3) is 0 Å². The van der Waals surface area contributed by atoms with Gasteiger partial charge in [0.15, 0.2) is 0 Å². The first-order valence-corrected chi connectivity index (χ1v) is 8.93. The Balaban J connectivity index is 2.60. The molecule has 1 rings (SSSR count). The number of hydrogen-bond acceptors (Lipinski definition) is 2. The highest BCUT2D eigenvalue weighted by Crippen LogP contribution is 2.53. The zero-order chi connectivity index (χ0) is 15.9. The normalized spacial score (nSPS) is 30.8. The number of carbonyl (C=O) groups excluding carboxylic acids is 1. The summed E-state index contributed by atoms with van der Waals surface area (Å²) in [6.07, 6.45) is 9.80. The highest BCUT2D eigenvalue weighted by molar-refractivity contribution is 5.55. The zero-order valence-electron chi connectivity index (χ0n) is 14.9. The molecule has 0 aliphatic heterocycles. The standard InChI is InChI=1S/C19H36O2/c1-15(2)9-7-6-8-10-18(13-20)19(14-21-5)16(3)11-12-17(19)4/h13,15-18H,6-12,14H2,1-5H3. The van der Waals surface area contributed by atoms with Gasteiger partial charge in [0.1, 0.15) is 6.29 Å². The van der Waals surface area contributed by atoms with Gasteiger partial charge in [-0.1, -0.05) is 53.4 Å². The van der Waals surface area contributed by atoms with Crippen LogP contribution in [0.1, 0.15) is 72.6 Å². The number of methoxy groups -OCH3 is 1. The Labute approximate surface area is 132 Å². The molecule has 2 heteroatoms. The highest BCUT2D eigenvalue weighted by atomic mass is 16.5. The van der Waals surface area contributed by atoms with Crippen LogP contribution in [0.15, 0.2) is 0 Å². The molecule has 21 heavy (non-hydrogen) atoms. The lowest BCUT2D eigenvalue weighted by Crippen LogP contribution is -2.42. The Morgan fingerprint density at radius 2 is 1.67 bits per heavy atom. The lowest BCUT2D eigenvalue weighted by atomic mass is 9.64. The lowest BCUT2D eigenvalue weighted by Gasteiger charge is -2.42. The zero-order valence-corrected chi connectivity index (χ0v) is 14.9. The first-order chi connectivity index (χ1) is 9.98. The van der Waals surface area contributed by atoms with Gasteiger partial charge in [-0.15, -0.1) is 0 Å². The van der Waals surface area contributed by atoms with Crippen LogP contribution in [0.5, 0.6) is 0 Å². The predicted molar refractivity (Wildman–Crippen MR) is 89.3 cm³/mol. The first kappa shape index (κ1) is 18.7. The van der Waals surface area contributed by atoms with E-state index in [2.05, 4.69) is 27.7 Å². The third kappa shape index (κ3) is 4.55. The molecule has 0 bridgehead atoms. The van der Waals surface area contributed by atoms with Crippen molar-refractivity contribution in [2.75, 3.05) is 13.7 Å². The lowest BCUT2D eigenvalue weighted by molar-refractivity contribution is -0.121. The van der Waals surface area contributed by atoms with E-state index in [1.54, 1.807) is 7.11 Å². The topological polar surface area (TPSA) is 26.3 Å². The maximum atomic E-state index is 11.8. The van der Waals surface area contributed by atoms with Crippen LogP contribution in [0.2, 0.25) is 0 Å². The summed E-state index contributed by atoms with van der Waals surface area (Å²) >= 11 is 0. The van der Waals surface area contributed by atoms with Crippen molar-refractivity contribution in [2.45, 2.75) is 72.6 Å². The summed E-state index contributed by atoms with van der Waals surface area (Å²) in [5, 5.41) is 0. The summed E-state index contributed by atoms with van der Waals surface area (Å²) in [6.45, 7) is 9.94. The van der Waals surface area contributed by atoms with Crippen LogP contribution < -0.4 is 0 Å². The maximum absolute atomic E-state index is 11.8. The second kappa shape index (κ2) is 8.92. The molecule has 1 saturated carbocycles. The summed E-state index contributed by atoms with van der Waals surface area (Å²) in [6, 6.07) is 0. The number of unbranched alkanes of at least 4 members (excludes halogenated alkanes) is 2. The molecular weight excluding hydrogens is 260 g/mol. The van der Waals surface area contributed by atoms with Gasteiger partial charge in [0.25, 0.3) is 0 Å². The second-order valence-corrected chi connectivity index (χ2v) is 7.70. The summed E-state index contributed by atoms with van der Waals surface area (Å²) in [7, 11) is 1.78. The monoisotopic (exact) mass is 296 g/mol. The minimum absolute atomic E-state index is 0.0779. The number of hydrogen-bond donors (Lipinski definition) is 0. The van der Waals surface area contributed by atoms with Crippen LogP contribution >= 0.6 is 0 Å². The SMILES string of the molecule is COCC1(C(C=O)CCCCCC(C)C)C(C)CCC1C. The molecule has 1 fully saturated rings. The molecule has 0 N–H and O–H groups in total. The molecule has 0 heterocycles. The second-order valence-electron chi connectivity index (χ2n) is 7.70. The van der Waals surface area contributed by atoms with Crippen LogP contribution in [0, 0.1) is 29.1 Å². The number of ether oxygens (including phenoxy) is 1. The van der Waals surface area contributed by atoms with Gasteiger partial charge in [-0.05, 0) is 37.0 Å². The third-order valence-electron chi connectivity index (χ3n) is 5.91. The molecule has 3 unspecified atom stereocenters. The van der Waals surface area contributed by atoms with Crippen molar-refractivity contribution in [3.05, 3.63) is 0 Å². The molecule has 0 amide bonds. The van der Waals surface area contributed by atoms with E-state index < -0.39 is 0 Å². The number of rotatable bonds is 10. The molecule has 0 radical (unpaired) electrons. The van der Waals surface area contributed by atoms with Gasteiger partial charge in [0.2, 0.25) is 0 Å². The minimum atomic E-state index is 0.0779. The van der Waals surface area contributed by atoms with E-state index >= 15 is 0 Å². The summed E-state index contributed by atoms with van der Waals surface area (Å²) in [5.74, 6) is 2.15. The van der Waals surface area contributed by atoms with Gasteiger partial charge in [-0.25, -0.2) is 0 Å². The minimum Gasteiger partial charge on any atom is -0.384 e. The van der Waals surface area contributed by atoms with Crippen molar-refractivity contribution >= 4 is 6.29 Å². The largest absolute Gasteiger partial charge is 0.384 e. The van der Waals surface area contributed by atoms with E-state index in [-0.39, 0.29) is 11.3 Å². The van der Waals surface area contributed by atoms with Gasteiger partial charge in [0.05, 0.1) is 6.61 Å². The van der Waals surface area contributed by atoms with Crippen LogP contribution in [-0.2, 0) is 9.53 Å². The van der Waals surface area contributed by atoms with E-state index in [1.807, 2.05) is 0 Å². The summed E-state index contributed by atoms with van der Waals surface area (Å²) < 4.78 is 5.55. The average Bonchev–Trinajstić information content (AvgIpc) is 2.72. The van der Waals surface area contributed by atoms with Crippen molar-refractivity contribution in [3.8, 4) is 0 Å². The van der Waals surface area contributed by atoms with Crippen molar-refractivity contribution in [1.29, 1.82) is 0 Å². The summed E-state index contributed by atoms with van der Waals surface area (Å²) in [5.41, 5.74) is 0.0779. The van der Waals surface area contributed by atoms with Crippen molar-refractivity contribution in [1.82, 2.24) is 0 Å². The van der Waals surface area contributed by atoms with E-state index in [4.69, 9.17) is 4.74 Å². The van der Waals surface area contributed by atoms with Gasteiger partial charge >= 0.3 is 0 Å². The van der Waals surface area contributed by atoms with Gasteiger partial charge in [-0.2, -0.15) is 0 Å². The number of carbonyl (C=O) groups is 1. The number of aldehydes is 1. The molecule has 0 saturated heterocycles. The summed E-state index contributed by atoms with van der Waals surface area (Å²) in [4.78, 5) is 11.8. The Morgan fingerprint density at radius 1 is 1.10 bits per heavy atom. The molecule has 0 aromatic carbocycles. The molecule has 2 nitrogen and oxygen atoms in total. The Hall–Kier alpha value is -0.370. The third-order valence-corrected chi connectivity index (χ3v) is 5.91. The van der Waals surface area contributed by atoms with Crippen molar-refractivity contribution in [3.63, 3.8) is 0 Å². The fraction of sp³-hybridized carbons (Fsp3) is 0.947. The van der Waals surface area contributed by atoms with E-state index in [1.165, 1.54) is 44.8 Å². The van der Waals surface area contributed by atoms with Gasteiger partial charge < -0.3 is 9.53 Å². The van der Waals surface area contributed by atoms with Crippen molar-refractivity contribution in [2.24, 2.45) is 29.1 Å². The fourth-order valence-corrected chi connectivity index (χ4v) is 4.45. The highest BCUT2D eigenvalue weighted by Gasteiger charge is 2.50. The molecule has 1 aliphatic carbocycles. The molecule has 0 spiro atoms. The van der Waals surface area contributed by atoms with E-state index in [9.17, 15) is 4.79 Å². The van der Waals surface area contributed by atoms with Crippen LogP contribution in [-0.4, -0.2) is 20.0 Å². The Morgan fingerprint density at radius 3 is 2.14 bits per heavy atom. The molecule has 0 aromatic heterocycles. The quantitative estimate of drug-likeness (QED) is 0.414. The Bertz CT molecular complexity index is 288. The predicted octanol–water partition coefficient (Wildman–Crippen LogP) is 5.11. The van der Waals surface area contributed by atoms with E-state index in [0.29, 0.717) is 11.8 Å². The maximum Gasteiger partial charge on any atom is 0.123 e. The Kier molecular flexibility index (Phi) is 7.94.